The Morgan fingerprint density at radius 3 is 2.50 bits per heavy atom. The Kier molecular flexibility index (Phi) is 4.53. The van der Waals surface area contributed by atoms with E-state index in [-0.39, 0.29) is 4.90 Å². The number of aromatic amines is 1. The van der Waals surface area contributed by atoms with Gasteiger partial charge in [0.1, 0.15) is 16.8 Å². The minimum atomic E-state index is -3.61. The van der Waals surface area contributed by atoms with Gasteiger partial charge in [-0.25, -0.2) is 13.4 Å². The van der Waals surface area contributed by atoms with E-state index in [0.29, 0.717) is 48.9 Å². The molecule has 0 spiro atoms. The monoisotopic (exact) mass is 396 g/mol. The van der Waals surface area contributed by atoms with Crippen LogP contribution in [-0.4, -0.2) is 54.1 Å². The molecule has 3 aromatic rings. The number of benzene rings is 1. The summed E-state index contributed by atoms with van der Waals surface area (Å²) in [5, 5.41) is 17.2. The number of pyridine rings is 1. The molecule has 0 bridgehead atoms. The van der Waals surface area contributed by atoms with Crippen molar-refractivity contribution in [2.75, 3.05) is 31.1 Å². The first kappa shape index (κ1) is 18.4. The zero-order valence-electron chi connectivity index (χ0n) is 15.7. The number of nitrogens with zero attached hydrogens (tertiary/aromatic N) is 5. The summed E-state index contributed by atoms with van der Waals surface area (Å²) in [7, 11) is -3.61. The molecule has 1 aliphatic heterocycles. The molecule has 1 aromatic carbocycles. The molecule has 0 saturated carbocycles. The van der Waals surface area contributed by atoms with E-state index in [9.17, 15) is 13.7 Å². The highest BCUT2D eigenvalue weighted by Crippen LogP contribution is 2.27. The van der Waals surface area contributed by atoms with Gasteiger partial charge in [-0.15, -0.1) is 0 Å². The molecule has 144 valence electrons. The van der Waals surface area contributed by atoms with Crippen LogP contribution in [0, 0.1) is 25.2 Å². The molecule has 0 aliphatic carbocycles. The number of aromatic nitrogens is 3. The lowest BCUT2D eigenvalue weighted by atomic mass is 10.1. The number of sulfonamides is 1. The van der Waals surface area contributed by atoms with Crippen LogP contribution in [0.3, 0.4) is 0 Å². The molecule has 8 nitrogen and oxygen atoms in total. The van der Waals surface area contributed by atoms with Gasteiger partial charge in [0.2, 0.25) is 10.0 Å². The third-order valence-electron chi connectivity index (χ3n) is 5.02. The number of nitrogens with one attached hydrogen (secondary N) is 1. The Bertz CT molecular complexity index is 1170. The molecular formula is C19H20N6O2S. The Hall–Kier alpha value is -2.96. The first-order valence-corrected chi connectivity index (χ1v) is 10.4. The van der Waals surface area contributed by atoms with Crippen molar-refractivity contribution >= 4 is 26.7 Å². The standard InChI is InChI=1S/C19H20N6O2S/c1-13-18(14(2)23-22-13)28(26,27)25-9-7-24(8-10-25)19-16(12-20)11-15-5-3-4-6-17(15)21-19/h3-6,11H,7-10H2,1-2H3,(H,22,23). The molecule has 9 heteroatoms. The van der Waals surface area contributed by atoms with Gasteiger partial charge in [-0.1, -0.05) is 18.2 Å². The van der Waals surface area contributed by atoms with E-state index in [1.165, 1.54) is 4.31 Å². The van der Waals surface area contributed by atoms with Gasteiger partial charge in [-0.2, -0.15) is 14.7 Å². The highest BCUT2D eigenvalue weighted by molar-refractivity contribution is 7.89. The molecule has 1 saturated heterocycles. The van der Waals surface area contributed by atoms with Gasteiger partial charge in [0.05, 0.1) is 22.5 Å². The minimum absolute atomic E-state index is 0.252. The maximum Gasteiger partial charge on any atom is 0.246 e. The first-order valence-electron chi connectivity index (χ1n) is 8.98. The molecular weight excluding hydrogens is 376 g/mol. The van der Waals surface area contributed by atoms with E-state index in [1.807, 2.05) is 35.2 Å². The summed E-state index contributed by atoms with van der Waals surface area (Å²) in [6.07, 6.45) is 0. The molecule has 2 aromatic heterocycles. The van der Waals surface area contributed by atoms with Crippen LogP contribution in [0.1, 0.15) is 17.0 Å². The summed E-state index contributed by atoms with van der Waals surface area (Å²) in [5.74, 6) is 0.605. The van der Waals surface area contributed by atoms with E-state index in [2.05, 4.69) is 21.3 Å². The van der Waals surface area contributed by atoms with Gasteiger partial charge in [0.15, 0.2) is 0 Å². The van der Waals surface area contributed by atoms with E-state index >= 15 is 0 Å². The summed E-state index contributed by atoms with van der Waals surface area (Å²) in [4.78, 5) is 6.89. The number of hydrogen-bond acceptors (Lipinski definition) is 6. The number of hydrogen-bond donors (Lipinski definition) is 1. The highest BCUT2D eigenvalue weighted by atomic mass is 32.2. The van der Waals surface area contributed by atoms with Crippen molar-refractivity contribution in [1.82, 2.24) is 19.5 Å². The number of fused-ring (bicyclic) bond motifs is 1. The SMILES string of the molecule is Cc1n[nH]c(C)c1S(=O)(=O)N1CCN(c2nc3ccccc3cc2C#N)CC1. The van der Waals surface area contributed by atoms with Crippen molar-refractivity contribution in [1.29, 1.82) is 5.26 Å². The average molecular weight is 396 g/mol. The van der Waals surface area contributed by atoms with Crippen LogP contribution in [0.4, 0.5) is 5.82 Å². The number of aryl methyl sites for hydroxylation is 2. The molecule has 1 aliphatic rings. The van der Waals surface area contributed by atoms with Gasteiger partial charge in [0.25, 0.3) is 0 Å². The molecule has 28 heavy (non-hydrogen) atoms. The Balaban J connectivity index is 1.60. The topological polar surface area (TPSA) is 106 Å². The van der Waals surface area contributed by atoms with E-state index < -0.39 is 10.0 Å². The van der Waals surface area contributed by atoms with Crippen LogP contribution in [0.25, 0.3) is 10.9 Å². The highest BCUT2D eigenvalue weighted by Gasteiger charge is 2.33. The fourth-order valence-electron chi connectivity index (χ4n) is 3.62. The lowest BCUT2D eigenvalue weighted by Crippen LogP contribution is -2.49. The predicted molar refractivity (Wildman–Crippen MR) is 105 cm³/mol. The number of anilines is 1. The van der Waals surface area contributed by atoms with Crippen molar-refractivity contribution in [2.24, 2.45) is 0 Å². The summed E-state index contributed by atoms with van der Waals surface area (Å²) in [6.45, 7) is 4.98. The summed E-state index contributed by atoms with van der Waals surface area (Å²) >= 11 is 0. The lowest BCUT2D eigenvalue weighted by Gasteiger charge is -2.35. The molecule has 3 heterocycles. The summed E-state index contributed by atoms with van der Waals surface area (Å²) < 4.78 is 27.5. The summed E-state index contributed by atoms with van der Waals surface area (Å²) in [5.41, 5.74) is 2.33. The molecule has 0 atom stereocenters. The van der Waals surface area contributed by atoms with Crippen LogP contribution >= 0.6 is 0 Å². The summed E-state index contributed by atoms with van der Waals surface area (Å²) in [6, 6.07) is 11.7. The van der Waals surface area contributed by atoms with Gasteiger partial charge in [-0.05, 0) is 26.0 Å². The largest absolute Gasteiger partial charge is 0.353 e. The second-order valence-electron chi connectivity index (χ2n) is 6.82. The number of H-pyrrole nitrogens is 1. The van der Waals surface area contributed by atoms with E-state index in [1.54, 1.807) is 13.8 Å². The first-order chi connectivity index (χ1) is 13.4. The number of rotatable bonds is 3. The molecule has 0 radical (unpaired) electrons. The molecule has 0 unspecified atom stereocenters. The normalized spacial score (nSPS) is 15.7. The maximum absolute atomic E-state index is 13.0. The molecule has 0 amide bonds. The maximum atomic E-state index is 13.0. The van der Waals surface area contributed by atoms with Gasteiger partial charge in [0, 0.05) is 31.6 Å². The molecule has 1 fully saturated rings. The van der Waals surface area contributed by atoms with Crippen molar-refractivity contribution in [3.63, 3.8) is 0 Å². The van der Waals surface area contributed by atoms with Crippen molar-refractivity contribution in [3.05, 3.63) is 47.3 Å². The zero-order valence-corrected chi connectivity index (χ0v) is 16.5. The molecule has 1 N–H and O–H groups in total. The minimum Gasteiger partial charge on any atom is -0.353 e. The van der Waals surface area contributed by atoms with Crippen molar-refractivity contribution in [3.8, 4) is 6.07 Å². The van der Waals surface area contributed by atoms with Gasteiger partial charge in [-0.3, -0.25) is 5.10 Å². The fraction of sp³-hybridized carbons (Fsp3) is 0.316. The van der Waals surface area contributed by atoms with Crippen molar-refractivity contribution in [2.45, 2.75) is 18.7 Å². The Morgan fingerprint density at radius 1 is 1.14 bits per heavy atom. The molecule has 4 rings (SSSR count). The van der Waals surface area contributed by atoms with E-state index in [4.69, 9.17) is 0 Å². The third kappa shape index (κ3) is 3.00. The number of nitriles is 1. The second kappa shape index (κ2) is 6.89. The smallest absolute Gasteiger partial charge is 0.246 e. The Labute approximate surface area is 163 Å². The van der Waals surface area contributed by atoms with Gasteiger partial charge < -0.3 is 4.90 Å². The average Bonchev–Trinajstić information content (AvgIpc) is 3.05. The van der Waals surface area contributed by atoms with Crippen LogP contribution in [0.2, 0.25) is 0 Å². The quantitative estimate of drug-likeness (QED) is 0.725. The van der Waals surface area contributed by atoms with Crippen molar-refractivity contribution < 1.29 is 8.42 Å². The third-order valence-corrected chi connectivity index (χ3v) is 7.18. The fourth-order valence-corrected chi connectivity index (χ4v) is 5.37. The van der Waals surface area contributed by atoms with Crippen LogP contribution in [-0.2, 0) is 10.0 Å². The predicted octanol–water partition coefficient (Wildman–Crippen LogP) is 1.96. The number of piperazine rings is 1. The van der Waals surface area contributed by atoms with E-state index in [0.717, 1.165) is 10.9 Å². The number of para-hydroxylation sites is 1. The van der Waals surface area contributed by atoms with Crippen LogP contribution < -0.4 is 4.90 Å². The lowest BCUT2D eigenvalue weighted by molar-refractivity contribution is 0.383. The second-order valence-corrected chi connectivity index (χ2v) is 8.69. The Morgan fingerprint density at radius 2 is 1.86 bits per heavy atom. The zero-order chi connectivity index (χ0) is 19.9. The van der Waals surface area contributed by atoms with Gasteiger partial charge >= 0.3 is 0 Å². The van der Waals surface area contributed by atoms with Crippen LogP contribution in [0.15, 0.2) is 35.2 Å². The van der Waals surface area contributed by atoms with Crippen LogP contribution in [0.5, 0.6) is 0 Å².